The van der Waals surface area contributed by atoms with Crippen LogP contribution in [0.2, 0.25) is 0 Å². The third-order valence-electron chi connectivity index (χ3n) is 2.84. The molecule has 1 unspecified atom stereocenters. The van der Waals surface area contributed by atoms with E-state index in [1.807, 2.05) is 18.2 Å². The molecule has 0 spiro atoms. The van der Waals surface area contributed by atoms with Gasteiger partial charge in [0.1, 0.15) is 11.5 Å². The van der Waals surface area contributed by atoms with E-state index in [0.717, 1.165) is 36.7 Å². The third-order valence-corrected chi connectivity index (χ3v) is 2.84. The van der Waals surface area contributed by atoms with Crippen molar-refractivity contribution in [3.8, 4) is 11.5 Å². The van der Waals surface area contributed by atoms with Crippen LogP contribution < -0.4 is 20.1 Å². The maximum absolute atomic E-state index is 5.37. The number of methoxy groups -OCH3 is 2. The van der Waals surface area contributed by atoms with Crippen molar-refractivity contribution in [3.63, 3.8) is 0 Å². The number of benzene rings is 1. The van der Waals surface area contributed by atoms with Gasteiger partial charge in [0, 0.05) is 30.8 Å². The highest BCUT2D eigenvalue weighted by atomic mass is 16.5. The highest BCUT2D eigenvalue weighted by Gasteiger charge is 2.06. The Balaban J connectivity index is 2.55. The fraction of sp³-hybridized carbons (Fsp3) is 0.571. The first-order chi connectivity index (χ1) is 8.71. The predicted molar refractivity (Wildman–Crippen MR) is 74.4 cm³/mol. The Morgan fingerprint density at radius 1 is 1.22 bits per heavy atom. The van der Waals surface area contributed by atoms with Gasteiger partial charge < -0.3 is 20.1 Å². The second-order valence-corrected chi connectivity index (χ2v) is 4.27. The van der Waals surface area contributed by atoms with Crippen molar-refractivity contribution in [3.05, 3.63) is 23.8 Å². The Bertz CT molecular complexity index is 356. The molecule has 0 aliphatic rings. The zero-order valence-electron chi connectivity index (χ0n) is 11.7. The van der Waals surface area contributed by atoms with E-state index in [2.05, 4.69) is 24.5 Å². The Labute approximate surface area is 110 Å². The van der Waals surface area contributed by atoms with Crippen LogP contribution in [0, 0.1) is 0 Å². The molecular weight excluding hydrogens is 228 g/mol. The minimum atomic E-state index is 0.428. The molecule has 0 bridgehead atoms. The fourth-order valence-corrected chi connectivity index (χ4v) is 1.72. The lowest BCUT2D eigenvalue weighted by atomic mass is 10.1. The van der Waals surface area contributed by atoms with Crippen LogP contribution in [0.4, 0.5) is 0 Å². The largest absolute Gasteiger partial charge is 0.497 e. The average molecular weight is 252 g/mol. The van der Waals surface area contributed by atoms with Crippen LogP contribution in [0.5, 0.6) is 11.5 Å². The molecule has 1 aromatic rings. The molecule has 18 heavy (non-hydrogen) atoms. The van der Waals surface area contributed by atoms with Crippen LogP contribution in [-0.4, -0.2) is 33.4 Å². The smallest absolute Gasteiger partial charge is 0.127 e. The van der Waals surface area contributed by atoms with Crippen LogP contribution in [-0.2, 0) is 6.54 Å². The molecule has 0 aliphatic heterocycles. The molecule has 0 heterocycles. The zero-order valence-corrected chi connectivity index (χ0v) is 11.7. The number of ether oxygens (including phenoxy) is 2. The van der Waals surface area contributed by atoms with Crippen molar-refractivity contribution < 1.29 is 9.47 Å². The van der Waals surface area contributed by atoms with Gasteiger partial charge in [0.2, 0.25) is 0 Å². The Morgan fingerprint density at radius 2 is 2.00 bits per heavy atom. The quantitative estimate of drug-likeness (QED) is 0.740. The van der Waals surface area contributed by atoms with Crippen molar-refractivity contribution in [2.45, 2.75) is 26.4 Å². The van der Waals surface area contributed by atoms with Gasteiger partial charge in [-0.3, -0.25) is 0 Å². The lowest BCUT2D eigenvalue weighted by molar-refractivity contribution is 0.388. The monoisotopic (exact) mass is 252 g/mol. The van der Waals surface area contributed by atoms with E-state index in [1.165, 1.54) is 0 Å². The molecule has 1 rings (SSSR count). The molecule has 102 valence electrons. The number of hydrogen-bond donors (Lipinski definition) is 2. The second kappa shape index (κ2) is 7.95. The Kier molecular flexibility index (Phi) is 6.54. The van der Waals surface area contributed by atoms with Crippen molar-refractivity contribution in [1.29, 1.82) is 0 Å². The van der Waals surface area contributed by atoms with E-state index in [4.69, 9.17) is 9.47 Å². The molecule has 4 nitrogen and oxygen atoms in total. The SMILES string of the molecule is CCNCC(C)NCc1ccc(OC)cc1OC. The van der Waals surface area contributed by atoms with E-state index in [-0.39, 0.29) is 0 Å². The predicted octanol–water partition coefficient (Wildman–Crippen LogP) is 1.79. The first-order valence-electron chi connectivity index (χ1n) is 6.36. The lowest BCUT2D eigenvalue weighted by Crippen LogP contribution is -2.35. The minimum absolute atomic E-state index is 0.428. The number of rotatable bonds is 8. The molecule has 0 amide bonds. The number of likely N-dealkylation sites (N-methyl/N-ethyl adjacent to an activating group) is 1. The van der Waals surface area contributed by atoms with Crippen LogP contribution >= 0.6 is 0 Å². The molecule has 4 heteroatoms. The summed E-state index contributed by atoms with van der Waals surface area (Å²) in [6.07, 6.45) is 0. The van der Waals surface area contributed by atoms with Gasteiger partial charge >= 0.3 is 0 Å². The summed E-state index contributed by atoms with van der Waals surface area (Å²) in [5, 5.41) is 6.78. The van der Waals surface area contributed by atoms with Gasteiger partial charge in [-0.1, -0.05) is 13.0 Å². The molecule has 2 N–H and O–H groups in total. The van der Waals surface area contributed by atoms with E-state index in [9.17, 15) is 0 Å². The summed E-state index contributed by atoms with van der Waals surface area (Å²) in [6, 6.07) is 6.32. The Hall–Kier alpha value is -1.26. The first kappa shape index (κ1) is 14.8. The van der Waals surface area contributed by atoms with E-state index in [0.29, 0.717) is 6.04 Å². The molecule has 0 saturated heterocycles. The minimum Gasteiger partial charge on any atom is -0.497 e. The van der Waals surface area contributed by atoms with Crippen LogP contribution in [0.15, 0.2) is 18.2 Å². The molecule has 0 fully saturated rings. The summed E-state index contributed by atoms with van der Waals surface area (Å²) >= 11 is 0. The molecule has 0 saturated carbocycles. The van der Waals surface area contributed by atoms with Gasteiger partial charge in [0.25, 0.3) is 0 Å². The Morgan fingerprint density at radius 3 is 2.61 bits per heavy atom. The highest BCUT2D eigenvalue weighted by Crippen LogP contribution is 2.24. The van der Waals surface area contributed by atoms with Gasteiger partial charge in [-0.15, -0.1) is 0 Å². The summed E-state index contributed by atoms with van der Waals surface area (Å²) in [6.45, 7) is 7.03. The van der Waals surface area contributed by atoms with Gasteiger partial charge in [-0.2, -0.15) is 0 Å². The lowest BCUT2D eigenvalue weighted by Gasteiger charge is -2.16. The van der Waals surface area contributed by atoms with Gasteiger partial charge in [-0.25, -0.2) is 0 Å². The summed E-state index contributed by atoms with van der Waals surface area (Å²) in [4.78, 5) is 0. The number of hydrogen-bond acceptors (Lipinski definition) is 4. The van der Waals surface area contributed by atoms with Crippen LogP contribution in [0.3, 0.4) is 0 Å². The average Bonchev–Trinajstić information content (AvgIpc) is 2.42. The highest BCUT2D eigenvalue weighted by molar-refractivity contribution is 5.40. The summed E-state index contributed by atoms with van der Waals surface area (Å²) in [5.41, 5.74) is 1.14. The standard InChI is InChI=1S/C14H24N2O2/c1-5-15-9-11(2)16-10-12-6-7-13(17-3)8-14(12)18-4/h6-8,11,15-16H,5,9-10H2,1-4H3. The van der Waals surface area contributed by atoms with Crippen molar-refractivity contribution >= 4 is 0 Å². The van der Waals surface area contributed by atoms with Crippen molar-refractivity contribution in [2.75, 3.05) is 27.3 Å². The van der Waals surface area contributed by atoms with Gasteiger partial charge in [0.05, 0.1) is 14.2 Å². The van der Waals surface area contributed by atoms with Gasteiger partial charge in [0.15, 0.2) is 0 Å². The summed E-state index contributed by atoms with van der Waals surface area (Å²) < 4.78 is 10.5. The molecule has 1 aromatic carbocycles. The van der Waals surface area contributed by atoms with Gasteiger partial charge in [-0.05, 0) is 19.5 Å². The van der Waals surface area contributed by atoms with Crippen LogP contribution in [0.1, 0.15) is 19.4 Å². The van der Waals surface area contributed by atoms with E-state index >= 15 is 0 Å². The summed E-state index contributed by atoms with van der Waals surface area (Å²) in [5.74, 6) is 1.67. The maximum atomic E-state index is 5.37. The summed E-state index contributed by atoms with van der Waals surface area (Å²) in [7, 11) is 3.34. The van der Waals surface area contributed by atoms with Crippen molar-refractivity contribution in [1.82, 2.24) is 10.6 Å². The topological polar surface area (TPSA) is 42.5 Å². The van der Waals surface area contributed by atoms with Crippen LogP contribution in [0.25, 0.3) is 0 Å². The van der Waals surface area contributed by atoms with E-state index < -0.39 is 0 Å². The molecular formula is C14H24N2O2. The second-order valence-electron chi connectivity index (χ2n) is 4.27. The van der Waals surface area contributed by atoms with E-state index in [1.54, 1.807) is 14.2 Å². The number of nitrogens with one attached hydrogen (secondary N) is 2. The maximum Gasteiger partial charge on any atom is 0.127 e. The van der Waals surface area contributed by atoms with Crippen molar-refractivity contribution in [2.24, 2.45) is 0 Å². The third kappa shape index (κ3) is 4.55. The molecule has 1 atom stereocenters. The zero-order chi connectivity index (χ0) is 13.4. The molecule has 0 radical (unpaired) electrons. The molecule has 0 aromatic heterocycles. The fourth-order valence-electron chi connectivity index (χ4n) is 1.72. The molecule has 0 aliphatic carbocycles. The normalized spacial score (nSPS) is 12.2. The first-order valence-corrected chi connectivity index (χ1v) is 6.36.